The first kappa shape index (κ1) is 27.8. The number of hydrogen-bond acceptors (Lipinski definition) is 2. The van der Waals surface area contributed by atoms with Crippen LogP contribution in [-0.2, 0) is 13.4 Å². The van der Waals surface area contributed by atoms with Crippen LogP contribution >= 0.6 is 0 Å². The second-order valence-electron chi connectivity index (χ2n) is 13.1. The van der Waals surface area contributed by atoms with Crippen LogP contribution in [0.15, 0.2) is 120 Å². The van der Waals surface area contributed by atoms with Crippen LogP contribution in [0.1, 0.15) is 40.2 Å². The summed E-state index contributed by atoms with van der Waals surface area (Å²) in [4.78, 5) is 0. The fourth-order valence-corrected chi connectivity index (χ4v) is 6.38. The Labute approximate surface area is 278 Å². The summed E-state index contributed by atoms with van der Waals surface area (Å²) in [6, 6.07) is 38.7. The second kappa shape index (κ2) is 11.7. The van der Waals surface area contributed by atoms with E-state index in [1.54, 1.807) is 38.5 Å². The van der Waals surface area contributed by atoms with E-state index in [9.17, 15) is 5.26 Å². The quantitative estimate of drug-likeness (QED) is 0.180. The molecule has 47 heavy (non-hydrogen) atoms. The van der Waals surface area contributed by atoms with Gasteiger partial charge in [-0.15, -0.1) is 0 Å². The number of pyridine rings is 1. The Bertz CT molecular complexity index is 2420. The largest absolute Gasteiger partial charge is 0.454 e. The van der Waals surface area contributed by atoms with E-state index >= 15 is 4.39 Å². The lowest BCUT2D eigenvalue weighted by atomic mass is 9.87. The Morgan fingerprint density at radius 2 is 1.28 bits per heavy atom. The number of rotatable bonds is 5. The predicted molar refractivity (Wildman–Crippen MR) is 189 cm³/mol. The number of furan rings is 1. The van der Waals surface area contributed by atoms with E-state index in [4.69, 9.17) is 7.16 Å². The number of halogens is 1. The van der Waals surface area contributed by atoms with Gasteiger partial charge < -0.3 is 4.42 Å². The number of hydrogen-bond donors (Lipinski definition) is 0. The van der Waals surface area contributed by atoms with E-state index in [-0.39, 0.29) is 5.56 Å². The van der Waals surface area contributed by atoms with Gasteiger partial charge >= 0.3 is 0 Å². The number of aromatic nitrogens is 1. The number of benzene rings is 5. The van der Waals surface area contributed by atoms with Crippen molar-refractivity contribution in [1.29, 1.82) is 5.26 Å². The summed E-state index contributed by atoms with van der Waals surface area (Å²) in [6.07, 6.45) is -0.591. The van der Waals surface area contributed by atoms with Gasteiger partial charge in [0.15, 0.2) is 5.82 Å². The molecule has 0 atom stereocenters. The van der Waals surface area contributed by atoms with E-state index in [0.29, 0.717) is 28.0 Å². The van der Waals surface area contributed by atoms with Gasteiger partial charge in [-0.05, 0) is 64.2 Å². The summed E-state index contributed by atoms with van der Waals surface area (Å²) in [5, 5.41) is 11.9. The third-order valence-corrected chi connectivity index (χ3v) is 8.63. The summed E-state index contributed by atoms with van der Waals surface area (Å²) < 4.78 is 41.5. The molecule has 7 aromatic rings. The molecule has 2 heterocycles. The Hall–Kier alpha value is -5.53. The molecule has 0 fully saturated rings. The van der Waals surface area contributed by atoms with Crippen molar-refractivity contribution < 1.29 is 16.1 Å². The molecule has 7 rings (SSSR count). The molecule has 0 unspecified atom stereocenters. The zero-order valence-corrected chi connectivity index (χ0v) is 27.2. The minimum atomic E-state index is -1.93. The average molecular weight is 618 g/mol. The van der Waals surface area contributed by atoms with Gasteiger partial charge in [0.1, 0.15) is 18.2 Å². The first-order valence-corrected chi connectivity index (χ1v) is 15.7. The van der Waals surface area contributed by atoms with E-state index in [1.807, 2.05) is 61.5 Å². The van der Waals surface area contributed by atoms with Crippen LogP contribution in [-0.4, -0.2) is 0 Å². The van der Waals surface area contributed by atoms with Crippen LogP contribution in [0.4, 0.5) is 4.39 Å². The van der Waals surface area contributed by atoms with Gasteiger partial charge in [-0.25, -0.2) is 4.39 Å². The van der Waals surface area contributed by atoms with Crippen molar-refractivity contribution in [2.45, 2.75) is 34.1 Å². The van der Waals surface area contributed by atoms with Gasteiger partial charge in [0, 0.05) is 30.7 Å². The van der Waals surface area contributed by atoms with E-state index < -0.39 is 17.6 Å². The second-order valence-corrected chi connectivity index (χ2v) is 13.1. The standard InChI is InChI=1S/C43H36FN2O/c1-27-11-21-35-36-22-20-33(25-45)40(32-18-16-31(17-19-32)30-14-12-29(13-15-30)28-9-7-6-8-10-28)42(36)47-41(35)39(27)38-23-34(24-43(2,3)4)37(44)26-46(38)5/h6-23,26H,24H2,1-5H3/q+1/i24D2. The van der Waals surface area contributed by atoms with E-state index in [1.165, 1.54) is 11.8 Å². The van der Waals surface area contributed by atoms with Gasteiger partial charge in [0.05, 0.1) is 17.2 Å². The molecule has 0 radical (unpaired) electrons. The number of nitriles is 1. The van der Waals surface area contributed by atoms with Crippen molar-refractivity contribution in [2.75, 3.05) is 0 Å². The minimum Gasteiger partial charge on any atom is -0.454 e. The van der Waals surface area contributed by atoms with Crippen LogP contribution in [0.3, 0.4) is 0 Å². The number of aryl methyl sites for hydroxylation is 2. The molecule has 0 N–H and O–H groups in total. The van der Waals surface area contributed by atoms with Gasteiger partial charge in [0.2, 0.25) is 11.9 Å². The molecule has 0 saturated carbocycles. The molecule has 0 aliphatic heterocycles. The third-order valence-electron chi connectivity index (χ3n) is 8.63. The normalized spacial score (nSPS) is 12.6. The molecule has 3 nitrogen and oxygen atoms in total. The highest BCUT2D eigenvalue weighted by Crippen LogP contribution is 2.42. The van der Waals surface area contributed by atoms with Gasteiger partial charge in [-0.2, -0.15) is 9.83 Å². The lowest BCUT2D eigenvalue weighted by molar-refractivity contribution is -0.662. The van der Waals surface area contributed by atoms with E-state index in [2.05, 4.69) is 54.6 Å². The van der Waals surface area contributed by atoms with Gasteiger partial charge in [0.25, 0.3) is 0 Å². The molecule has 2 aromatic heterocycles. The molecular weight excluding hydrogens is 579 g/mol. The fourth-order valence-electron chi connectivity index (χ4n) is 6.38. The maximum atomic E-state index is 15.4. The van der Waals surface area contributed by atoms with Crippen LogP contribution in [0, 0.1) is 29.5 Å². The van der Waals surface area contributed by atoms with Crippen LogP contribution < -0.4 is 4.57 Å². The highest BCUT2D eigenvalue weighted by molar-refractivity contribution is 6.14. The molecule has 0 saturated heterocycles. The Kier molecular flexibility index (Phi) is 6.90. The molecule has 0 spiro atoms. The maximum Gasteiger partial charge on any atom is 0.216 e. The van der Waals surface area contributed by atoms with Crippen LogP contribution in [0.2, 0.25) is 0 Å². The zero-order valence-electron chi connectivity index (χ0n) is 29.2. The monoisotopic (exact) mass is 617 g/mol. The molecule has 0 aliphatic carbocycles. The topological polar surface area (TPSA) is 40.8 Å². The van der Waals surface area contributed by atoms with Crippen molar-refractivity contribution in [1.82, 2.24) is 0 Å². The van der Waals surface area contributed by atoms with Gasteiger partial charge in [-0.3, -0.25) is 0 Å². The number of fused-ring (bicyclic) bond motifs is 3. The van der Waals surface area contributed by atoms with Gasteiger partial charge in [-0.1, -0.05) is 112 Å². The summed E-state index contributed by atoms with van der Waals surface area (Å²) in [6.45, 7) is 7.28. The zero-order chi connectivity index (χ0) is 34.7. The van der Waals surface area contributed by atoms with Crippen molar-refractivity contribution in [2.24, 2.45) is 12.5 Å². The van der Waals surface area contributed by atoms with Crippen LogP contribution in [0.5, 0.6) is 0 Å². The van der Waals surface area contributed by atoms with Crippen molar-refractivity contribution in [3.05, 3.63) is 138 Å². The molecule has 0 amide bonds. The molecule has 230 valence electrons. The summed E-state index contributed by atoms with van der Waals surface area (Å²) in [7, 11) is 1.76. The highest BCUT2D eigenvalue weighted by Gasteiger charge is 2.26. The highest BCUT2D eigenvalue weighted by atomic mass is 19.1. The lowest BCUT2D eigenvalue weighted by Gasteiger charge is -2.18. The van der Waals surface area contributed by atoms with Crippen molar-refractivity contribution in [3.8, 4) is 50.7 Å². The number of nitrogens with zero attached hydrogens (tertiary/aromatic N) is 2. The average Bonchev–Trinajstić information content (AvgIpc) is 3.47. The first-order valence-electron chi connectivity index (χ1n) is 16.7. The maximum absolute atomic E-state index is 15.4. The van der Waals surface area contributed by atoms with E-state index in [0.717, 1.165) is 44.2 Å². The van der Waals surface area contributed by atoms with Crippen molar-refractivity contribution >= 4 is 21.9 Å². The SMILES string of the molecule is [2H]C([2H])(c1cc(-c2c(C)ccc3c2oc2c(-c4ccc(-c5ccc(-c6ccccc6)cc5)cc4)c(C#N)ccc23)[n+](C)cc1F)C(C)(C)C. The predicted octanol–water partition coefficient (Wildman–Crippen LogP) is 11.0. The first-order chi connectivity index (χ1) is 23.4. The molecule has 5 aromatic carbocycles. The summed E-state index contributed by atoms with van der Waals surface area (Å²) >= 11 is 0. The molecule has 4 heteroatoms. The Morgan fingerprint density at radius 1 is 0.745 bits per heavy atom. The smallest absolute Gasteiger partial charge is 0.216 e. The summed E-state index contributed by atoms with van der Waals surface area (Å²) in [5.74, 6) is -0.600. The minimum absolute atomic E-state index is 0.00265. The molecular formula is C43H36FN2O+. The fraction of sp³-hybridized carbons (Fsp3) is 0.163. The Morgan fingerprint density at radius 3 is 1.85 bits per heavy atom. The summed E-state index contributed by atoms with van der Waals surface area (Å²) in [5.41, 5.74) is 9.20. The molecule has 0 aliphatic rings. The Balaban J connectivity index is 1.36. The van der Waals surface area contributed by atoms with Crippen LogP contribution in [0.25, 0.3) is 66.6 Å². The molecule has 0 bridgehead atoms. The third kappa shape index (κ3) is 5.59. The lowest BCUT2D eigenvalue weighted by Crippen LogP contribution is -2.32. The van der Waals surface area contributed by atoms with Crippen molar-refractivity contribution in [3.63, 3.8) is 0 Å².